The van der Waals surface area contributed by atoms with Gasteiger partial charge in [0.05, 0.1) is 5.56 Å². The van der Waals surface area contributed by atoms with Gasteiger partial charge in [-0.15, -0.1) is 0 Å². The molecule has 0 aliphatic rings. The lowest BCUT2D eigenvalue weighted by molar-refractivity contribution is 0.0735. The van der Waals surface area contributed by atoms with Gasteiger partial charge in [0.15, 0.2) is 0 Å². The standard InChI is InChI=1S/C17H13NO2/c18-15-6-3-7-16(11-15)20-17(19)14-9-8-12-4-1-2-5-13(12)10-14/h1-11H,18H2. The van der Waals surface area contributed by atoms with Crippen LogP contribution in [0.2, 0.25) is 0 Å². The maximum atomic E-state index is 12.1. The van der Waals surface area contributed by atoms with Crippen LogP contribution in [0.3, 0.4) is 0 Å². The molecular formula is C17H13NO2. The Morgan fingerprint density at radius 1 is 0.850 bits per heavy atom. The van der Waals surface area contributed by atoms with E-state index in [2.05, 4.69) is 0 Å². The van der Waals surface area contributed by atoms with Crippen LogP contribution in [0.5, 0.6) is 5.75 Å². The van der Waals surface area contributed by atoms with Crippen LogP contribution >= 0.6 is 0 Å². The summed E-state index contributed by atoms with van der Waals surface area (Å²) in [6.07, 6.45) is 0. The fourth-order valence-corrected chi connectivity index (χ4v) is 2.06. The van der Waals surface area contributed by atoms with Crippen molar-refractivity contribution in [2.45, 2.75) is 0 Å². The van der Waals surface area contributed by atoms with Gasteiger partial charge in [0.1, 0.15) is 5.75 Å². The van der Waals surface area contributed by atoms with Crippen LogP contribution in [0.1, 0.15) is 10.4 Å². The van der Waals surface area contributed by atoms with Crippen LogP contribution in [0, 0.1) is 0 Å². The van der Waals surface area contributed by atoms with E-state index in [0.717, 1.165) is 10.8 Å². The van der Waals surface area contributed by atoms with Gasteiger partial charge in [-0.05, 0) is 35.0 Å². The Morgan fingerprint density at radius 2 is 1.65 bits per heavy atom. The molecule has 0 fully saturated rings. The predicted octanol–water partition coefficient (Wildman–Crippen LogP) is 3.64. The van der Waals surface area contributed by atoms with Gasteiger partial charge in [-0.3, -0.25) is 0 Å². The third kappa shape index (κ3) is 2.47. The van der Waals surface area contributed by atoms with E-state index in [1.165, 1.54) is 0 Å². The van der Waals surface area contributed by atoms with E-state index >= 15 is 0 Å². The molecule has 0 atom stereocenters. The van der Waals surface area contributed by atoms with Crippen molar-refractivity contribution in [3.05, 3.63) is 72.3 Å². The predicted molar refractivity (Wildman–Crippen MR) is 79.8 cm³/mol. The van der Waals surface area contributed by atoms with Crippen molar-refractivity contribution in [1.82, 2.24) is 0 Å². The number of hydrogen-bond acceptors (Lipinski definition) is 3. The minimum absolute atomic E-state index is 0.388. The Labute approximate surface area is 116 Å². The molecule has 0 heterocycles. The van der Waals surface area contributed by atoms with Crippen molar-refractivity contribution in [1.29, 1.82) is 0 Å². The van der Waals surface area contributed by atoms with Gasteiger partial charge >= 0.3 is 5.97 Å². The summed E-state index contributed by atoms with van der Waals surface area (Å²) < 4.78 is 5.31. The summed E-state index contributed by atoms with van der Waals surface area (Å²) in [5.74, 6) is 0.0597. The smallest absolute Gasteiger partial charge is 0.343 e. The Morgan fingerprint density at radius 3 is 2.45 bits per heavy atom. The summed E-state index contributed by atoms with van der Waals surface area (Å²) in [5, 5.41) is 2.10. The minimum atomic E-state index is -0.388. The first-order valence-electron chi connectivity index (χ1n) is 6.29. The number of carbonyl (C=O) groups is 1. The van der Waals surface area contributed by atoms with E-state index in [0.29, 0.717) is 17.0 Å². The molecule has 2 N–H and O–H groups in total. The van der Waals surface area contributed by atoms with E-state index in [-0.39, 0.29) is 5.97 Å². The van der Waals surface area contributed by atoms with E-state index < -0.39 is 0 Å². The monoisotopic (exact) mass is 263 g/mol. The topological polar surface area (TPSA) is 52.3 Å². The van der Waals surface area contributed by atoms with Gasteiger partial charge in [0.2, 0.25) is 0 Å². The third-order valence-electron chi connectivity index (χ3n) is 3.05. The molecule has 0 spiro atoms. The van der Waals surface area contributed by atoms with Gasteiger partial charge in [0, 0.05) is 11.8 Å². The van der Waals surface area contributed by atoms with Gasteiger partial charge < -0.3 is 10.5 Å². The molecule has 0 aromatic heterocycles. The fraction of sp³-hybridized carbons (Fsp3) is 0. The summed E-state index contributed by atoms with van der Waals surface area (Å²) in [5.41, 5.74) is 6.74. The quantitative estimate of drug-likeness (QED) is 0.436. The number of carbonyl (C=O) groups excluding carboxylic acids is 1. The lowest BCUT2D eigenvalue weighted by atomic mass is 10.1. The average Bonchev–Trinajstić information content (AvgIpc) is 2.47. The first-order chi connectivity index (χ1) is 9.72. The Balaban J connectivity index is 1.88. The van der Waals surface area contributed by atoms with Gasteiger partial charge in [-0.2, -0.15) is 0 Å². The fourth-order valence-electron chi connectivity index (χ4n) is 2.06. The molecule has 0 saturated heterocycles. The zero-order chi connectivity index (χ0) is 13.9. The Kier molecular flexibility index (Phi) is 3.09. The number of nitrogens with two attached hydrogens (primary N) is 1. The van der Waals surface area contributed by atoms with Crippen molar-refractivity contribution in [3.8, 4) is 5.75 Å². The number of ether oxygens (including phenoxy) is 1. The summed E-state index contributed by atoms with van der Waals surface area (Å²) in [6, 6.07) is 20.2. The second kappa shape index (κ2) is 5.05. The zero-order valence-corrected chi connectivity index (χ0v) is 10.7. The molecule has 0 aliphatic carbocycles. The molecule has 3 nitrogen and oxygen atoms in total. The van der Waals surface area contributed by atoms with Crippen LogP contribution in [0.4, 0.5) is 5.69 Å². The highest BCUT2D eigenvalue weighted by molar-refractivity contribution is 5.96. The van der Waals surface area contributed by atoms with Crippen molar-refractivity contribution < 1.29 is 9.53 Å². The van der Waals surface area contributed by atoms with Crippen LogP contribution in [-0.4, -0.2) is 5.97 Å². The van der Waals surface area contributed by atoms with E-state index in [1.54, 1.807) is 30.3 Å². The normalized spacial score (nSPS) is 10.4. The maximum absolute atomic E-state index is 12.1. The van der Waals surface area contributed by atoms with Crippen molar-refractivity contribution in [2.24, 2.45) is 0 Å². The Bertz CT molecular complexity index is 781. The largest absolute Gasteiger partial charge is 0.423 e. The van der Waals surface area contributed by atoms with Crippen molar-refractivity contribution >= 4 is 22.4 Å². The summed E-state index contributed by atoms with van der Waals surface area (Å²) >= 11 is 0. The highest BCUT2D eigenvalue weighted by Gasteiger charge is 2.09. The lowest BCUT2D eigenvalue weighted by Crippen LogP contribution is -2.08. The second-order valence-corrected chi connectivity index (χ2v) is 4.52. The number of esters is 1. The first kappa shape index (κ1) is 12.2. The van der Waals surface area contributed by atoms with E-state index in [1.807, 2.05) is 36.4 Å². The molecule has 0 amide bonds. The van der Waals surface area contributed by atoms with Gasteiger partial charge in [-0.1, -0.05) is 36.4 Å². The molecule has 0 bridgehead atoms. The molecule has 98 valence electrons. The van der Waals surface area contributed by atoms with E-state index in [9.17, 15) is 4.79 Å². The number of anilines is 1. The summed E-state index contributed by atoms with van der Waals surface area (Å²) in [7, 11) is 0. The van der Waals surface area contributed by atoms with Crippen molar-refractivity contribution in [3.63, 3.8) is 0 Å². The molecule has 0 radical (unpaired) electrons. The molecule has 3 aromatic rings. The molecule has 20 heavy (non-hydrogen) atoms. The summed E-state index contributed by atoms with van der Waals surface area (Å²) in [6.45, 7) is 0. The summed E-state index contributed by atoms with van der Waals surface area (Å²) in [4.78, 5) is 12.1. The molecule has 0 saturated carbocycles. The van der Waals surface area contributed by atoms with E-state index in [4.69, 9.17) is 10.5 Å². The van der Waals surface area contributed by atoms with Gasteiger partial charge in [-0.25, -0.2) is 4.79 Å². The SMILES string of the molecule is Nc1cccc(OC(=O)c2ccc3ccccc3c2)c1. The second-order valence-electron chi connectivity index (χ2n) is 4.52. The van der Waals surface area contributed by atoms with Crippen molar-refractivity contribution in [2.75, 3.05) is 5.73 Å². The number of nitrogen functional groups attached to an aromatic ring is 1. The third-order valence-corrected chi connectivity index (χ3v) is 3.05. The van der Waals surface area contributed by atoms with Crippen LogP contribution in [-0.2, 0) is 0 Å². The van der Waals surface area contributed by atoms with Crippen LogP contribution in [0.15, 0.2) is 66.7 Å². The number of fused-ring (bicyclic) bond motifs is 1. The molecule has 3 rings (SSSR count). The highest BCUT2D eigenvalue weighted by Crippen LogP contribution is 2.19. The Hall–Kier alpha value is -2.81. The first-order valence-corrected chi connectivity index (χ1v) is 6.29. The maximum Gasteiger partial charge on any atom is 0.343 e. The van der Waals surface area contributed by atoms with Crippen LogP contribution in [0.25, 0.3) is 10.8 Å². The lowest BCUT2D eigenvalue weighted by Gasteiger charge is -2.06. The molecule has 3 aromatic carbocycles. The molecule has 0 unspecified atom stereocenters. The number of rotatable bonds is 2. The average molecular weight is 263 g/mol. The number of hydrogen-bond donors (Lipinski definition) is 1. The van der Waals surface area contributed by atoms with Crippen LogP contribution < -0.4 is 10.5 Å². The van der Waals surface area contributed by atoms with Gasteiger partial charge in [0.25, 0.3) is 0 Å². The number of benzene rings is 3. The zero-order valence-electron chi connectivity index (χ0n) is 10.7. The molecular weight excluding hydrogens is 250 g/mol. The molecule has 3 heteroatoms. The minimum Gasteiger partial charge on any atom is -0.423 e. The highest BCUT2D eigenvalue weighted by atomic mass is 16.5. The molecule has 0 aliphatic heterocycles.